The van der Waals surface area contributed by atoms with Crippen molar-refractivity contribution in [3.63, 3.8) is 0 Å². The molecule has 0 unspecified atom stereocenters. The van der Waals surface area contributed by atoms with Gasteiger partial charge >= 0.3 is 34.7 Å². The molecule has 0 aromatic carbocycles. The van der Waals surface area contributed by atoms with Crippen LogP contribution in [-0.4, -0.2) is 145 Å². The maximum absolute atomic E-state index is 9.08. The molecule has 0 heterocycles. The van der Waals surface area contributed by atoms with Crippen LogP contribution in [0.25, 0.3) is 0 Å². The Morgan fingerprint density at radius 2 is 0.562 bits per heavy atom. The van der Waals surface area contributed by atoms with Gasteiger partial charge in [-0.25, -0.2) is 25.3 Å². The van der Waals surface area contributed by atoms with E-state index in [2.05, 4.69) is 0 Å². The van der Waals surface area contributed by atoms with Crippen molar-refractivity contribution in [2.24, 2.45) is 0 Å². The zero-order valence-electron chi connectivity index (χ0n) is 16.5. The summed E-state index contributed by atoms with van der Waals surface area (Å²) in [6, 6.07) is 0. The second-order valence-electron chi connectivity index (χ2n) is 3.70. The minimum Gasteiger partial charge on any atom is -0.748 e. The number of hydrogen-bond acceptors (Lipinski definition) is 18. The van der Waals surface area contributed by atoms with Crippen molar-refractivity contribution < 1.29 is 83.9 Å². The topological polar surface area (TPSA) is 353 Å². The minimum atomic E-state index is -3.92. The summed E-state index contributed by atoms with van der Waals surface area (Å²) in [5.74, 6) is -4.32. The first-order valence-corrected chi connectivity index (χ1v) is 11.4. The fourth-order valence-corrected chi connectivity index (χ4v) is 0. The molecule has 186 valence electrons. The van der Waals surface area contributed by atoms with E-state index in [0.29, 0.717) is 18.8 Å². The Morgan fingerprint density at radius 3 is 0.562 bits per heavy atom. The van der Waals surface area contributed by atoms with Crippen molar-refractivity contribution in [1.82, 2.24) is 0 Å². The van der Waals surface area contributed by atoms with Gasteiger partial charge in [-0.2, -0.15) is 0 Å². The average Bonchev–Trinajstić information content (AvgIpc) is 2.43. The molecule has 0 saturated heterocycles. The summed E-state index contributed by atoms with van der Waals surface area (Å²) in [5, 5.41) is 49.5. The average molecular weight is 564 g/mol. The quantitative estimate of drug-likeness (QED) is 0.211. The number of carboxylic acid groups (broad SMARTS) is 3. The molecule has 0 bridgehead atoms. The van der Waals surface area contributed by atoms with Crippen molar-refractivity contribution in [2.45, 2.75) is 0 Å². The first kappa shape index (κ1) is 52.8. The zero-order valence-corrected chi connectivity index (χ0v) is 21.2. The normalized spacial score (nSPS) is 8.91. The Morgan fingerprint density at radius 1 is 0.531 bits per heavy atom. The molecular weight excluding hydrogens is 546 g/mol. The fraction of sp³-hybridized carbons (Fsp3) is 0.667. The molecule has 0 aliphatic heterocycles. The van der Waals surface area contributed by atoms with Crippen molar-refractivity contribution in [3.8, 4) is 0 Å². The number of aliphatic carboxylic acids is 3. The van der Waals surface area contributed by atoms with Gasteiger partial charge in [0, 0.05) is 18.8 Å². The molecule has 0 aliphatic carbocycles. The first-order chi connectivity index (χ1) is 12.8. The Bertz CT molecular complexity index is 629. The molecule has 23 heteroatoms. The molecule has 0 aliphatic rings. The van der Waals surface area contributed by atoms with Crippen LogP contribution in [0.1, 0.15) is 0 Å². The largest absolute Gasteiger partial charge is 3.00 e. The number of carboxylic acids is 3. The molecule has 0 amide bonds. The molecule has 0 saturated carbocycles. The summed E-state index contributed by atoms with van der Waals surface area (Å²) >= 11 is 0. The maximum atomic E-state index is 9.08. The molecule has 0 spiro atoms. The van der Waals surface area contributed by atoms with Crippen LogP contribution in [0, 0.1) is 0 Å². The van der Waals surface area contributed by atoms with Crippen molar-refractivity contribution >= 4 is 83.0 Å². The van der Waals surface area contributed by atoms with Crippen LogP contribution < -0.4 is 15.3 Å². The van der Waals surface area contributed by atoms with E-state index < -0.39 is 68.1 Å². The Hall–Kier alpha value is -0.915. The van der Waals surface area contributed by atoms with Gasteiger partial charge < -0.3 is 58.7 Å². The molecule has 0 aromatic rings. The van der Waals surface area contributed by atoms with Gasteiger partial charge in [0.2, 0.25) is 0 Å². The third-order valence-corrected chi connectivity index (χ3v) is 0.387. The van der Waals surface area contributed by atoms with Crippen molar-refractivity contribution in [3.05, 3.63) is 0 Å². The van der Waals surface area contributed by atoms with Gasteiger partial charge in [-0.1, -0.05) is 0 Å². The van der Waals surface area contributed by atoms with Crippen LogP contribution in [0.15, 0.2) is 0 Å². The van der Waals surface area contributed by atoms with Gasteiger partial charge in [-0.05, 0) is 0 Å². The number of hydrogen-bond donors (Lipinski definition) is 3. The molecule has 18 nitrogen and oxygen atoms in total. The van der Waals surface area contributed by atoms with E-state index in [4.69, 9.17) is 83.9 Å². The van der Waals surface area contributed by atoms with Gasteiger partial charge in [-0.15, -0.1) is 0 Å². The summed E-state index contributed by atoms with van der Waals surface area (Å²) in [5.41, 5.74) is 0. The van der Waals surface area contributed by atoms with E-state index in [1.54, 1.807) is 0 Å². The Kier molecular flexibility index (Phi) is 49.6. The SMILES string of the molecule is CS(=O)(=O)[O-].CS(=O)(=O)[O-].CS(=O)(=O)[O-].O=C([O-])CO.O=C([O-])CO.O=C([O-])CO.[Al+3].[Al+3]. The van der Waals surface area contributed by atoms with Crippen LogP contribution in [0.5, 0.6) is 0 Å². The molecule has 0 rings (SSSR count). The fourth-order valence-electron chi connectivity index (χ4n) is 0. The third-order valence-electron chi connectivity index (χ3n) is 0.387. The van der Waals surface area contributed by atoms with Crippen LogP contribution in [0.2, 0.25) is 0 Å². The predicted octanol–water partition coefficient (Wildman–Crippen LogP) is -10.1. The van der Waals surface area contributed by atoms with Crippen LogP contribution in [0.4, 0.5) is 0 Å². The van der Waals surface area contributed by atoms with Gasteiger partial charge in [-0.3, -0.25) is 0 Å². The van der Waals surface area contributed by atoms with Gasteiger partial charge in [0.25, 0.3) is 0 Å². The summed E-state index contributed by atoms with van der Waals surface area (Å²) in [4.78, 5) is 27.0. The zero-order chi connectivity index (χ0) is 26.4. The first-order valence-electron chi connectivity index (χ1n) is 5.96. The van der Waals surface area contributed by atoms with E-state index in [-0.39, 0.29) is 34.7 Å². The minimum absolute atomic E-state index is 0. The monoisotopic (exact) mass is 564 g/mol. The summed E-state index contributed by atoms with van der Waals surface area (Å²) in [6.45, 7) is -2.67. The van der Waals surface area contributed by atoms with Crippen molar-refractivity contribution in [2.75, 3.05) is 38.6 Å². The molecule has 0 atom stereocenters. The van der Waals surface area contributed by atoms with Gasteiger partial charge in [0.05, 0.1) is 68.1 Å². The smallest absolute Gasteiger partial charge is 0.748 e. The van der Waals surface area contributed by atoms with E-state index in [0.717, 1.165) is 0 Å². The third kappa shape index (κ3) is 887. The molecule has 3 N–H and O–H groups in total. The predicted molar refractivity (Wildman–Crippen MR) is 94.7 cm³/mol. The molecule has 0 radical (unpaired) electrons. The van der Waals surface area contributed by atoms with E-state index in [1.807, 2.05) is 0 Å². The maximum Gasteiger partial charge on any atom is 3.00 e. The number of aliphatic hydroxyl groups excluding tert-OH is 3. The van der Waals surface area contributed by atoms with Gasteiger partial charge in [0.1, 0.15) is 0 Å². The second kappa shape index (κ2) is 30.1. The number of carbonyl (C=O) groups excluding carboxylic acids is 3. The summed E-state index contributed by atoms with van der Waals surface area (Å²) in [6.07, 6.45) is 1.81. The Labute approximate surface area is 205 Å². The van der Waals surface area contributed by atoms with Crippen LogP contribution in [0.3, 0.4) is 0 Å². The van der Waals surface area contributed by atoms with Crippen molar-refractivity contribution in [1.29, 1.82) is 0 Å². The second-order valence-corrected chi connectivity index (χ2v) is 7.93. The summed E-state index contributed by atoms with van der Waals surface area (Å²) in [7, 11) is -11.8. The summed E-state index contributed by atoms with van der Waals surface area (Å²) < 4.78 is 81.7. The van der Waals surface area contributed by atoms with Gasteiger partial charge in [0.15, 0.2) is 0 Å². The molecular formula is C9H18Al2O18S3. The number of carbonyl (C=O) groups is 3. The molecule has 0 aromatic heterocycles. The van der Waals surface area contributed by atoms with Crippen LogP contribution >= 0.6 is 0 Å². The standard InChI is InChI=1S/3C2H4O3.3CH4O3S.2Al/c3*3-1-2(4)5;3*1-5(2,3)4;;/h3*3H,1H2,(H,4,5);3*1H3,(H,2,3,4);;/q;;;;;;2*+3/p-6. The Balaban J connectivity index is -0.0000000356. The number of rotatable bonds is 3. The van der Waals surface area contributed by atoms with Crippen LogP contribution in [-0.2, 0) is 44.7 Å². The number of aliphatic hydroxyl groups is 3. The molecule has 0 fully saturated rings. The van der Waals surface area contributed by atoms with E-state index in [1.165, 1.54) is 0 Å². The molecule has 32 heavy (non-hydrogen) atoms. The van der Waals surface area contributed by atoms with E-state index >= 15 is 0 Å². The van der Waals surface area contributed by atoms with E-state index in [9.17, 15) is 0 Å².